The molecule has 0 saturated heterocycles. The van der Waals surface area contributed by atoms with Gasteiger partial charge in [0.25, 0.3) is 0 Å². The van der Waals surface area contributed by atoms with Crippen LogP contribution in [0.2, 0.25) is 5.02 Å². The average molecular weight is 398 g/mol. The lowest BCUT2D eigenvalue weighted by molar-refractivity contribution is -0.117. The molecule has 2 heterocycles. The maximum Gasteiger partial charge on any atom is 0.238 e. The monoisotopic (exact) mass is 397 g/mol. The number of pyridine rings is 1. The van der Waals surface area contributed by atoms with Gasteiger partial charge in [-0.2, -0.15) is 0 Å². The maximum absolute atomic E-state index is 12.9. The minimum Gasteiger partial charge on any atom is -0.497 e. The van der Waals surface area contributed by atoms with Crippen molar-refractivity contribution in [3.8, 4) is 5.75 Å². The molecule has 2 aromatic carbocycles. The number of carbonyl (C=O) groups excluding carboxylic acids is 1. The number of ether oxygens (including phenoxy) is 1. The molecule has 1 aliphatic rings. The number of methoxy groups -OCH3 is 1. The standard InChI is InChI=1S/C21H20ClN3O3/c1-28-15-5-3-14(4-6-15)23-20(26)12-25-9-8-19-17(11-25)21(27)16-10-13(22)2-7-18(16)24-19/h2-7,10H,8-9,11-12H2,1H3,(H,23,26)(H,24,27). The van der Waals surface area contributed by atoms with Gasteiger partial charge < -0.3 is 15.0 Å². The number of H-pyrrole nitrogens is 1. The lowest BCUT2D eigenvalue weighted by atomic mass is 10.0. The van der Waals surface area contributed by atoms with Gasteiger partial charge in [-0.05, 0) is 42.5 Å². The van der Waals surface area contributed by atoms with Crippen molar-refractivity contribution in [1.29, 1.82) is 0 Å². The van der Waals surface area contributed by atoms with E-state index in [0.29, 0.717) is 41.2 Å². The third-order valence-electron chi connectivity index (χ3n) is 4.95. The number of hydrogen-bond acceptors (Lipinski definition) is 4. The second-order valence-electron chi connectivity index (χ2n) is 6.84. The molecule has 7 heteroatoms. The molecule has 144 valence electrons. The first-order valence-electron chi connectivity index (χ1n) is 9.03. The summed E-state index contributed by atoms with van der Waals surface area (Å²) in [7, 11) is 1.60. The van der Waals surface area contributed by atoms with Crippen LogP contribution >= 0.6 is 11.6 Å². The van der Waals surface area contributed by atoms with Crippen molar-refractivity contribution in [1.82, 2.24) is 9.88 Å². The molecule has 28 heavy (non-hydrogen) atoms. The Kier molecular flexibility index (Phi) is 5.07. The first kappa shape index (κ1) is 18.5. The first-order chi connectivity index (χ1) is 13.5. The van der Waals surface area contributed by atoms with Gasteiger partial charge in [-0.15, -0.1) is 0 Å². The van der Waals surface area contributed by atoms with Gasteiger partial charge in [0.15, 0.2) is 5.43 Å². The largest absolute Gasteiger partial charge is 0.497 e. The van der Waals surface area contributed by atoms with Crippen molar-refractivity contribution in [3.63, 3.8) is 0 Å². The summed E-state index contributed by atoms with van der Waals surface area (Å²) in [6.45, 7) is 1.36. The molecule has 0 aliphatic carbocycles. The molecular weight excluding hydrogens is 378 g/mol. The molecule has 0 bridgehead atoms. The molecule has 0 spiro atoms. The zero-order valence-corrected chi connectivity index (χ0v) is 16.2. The van der Waals surface area contributed by atoms with E-state index in [1.807, 2.05) is 11.0 Å². The van der Waals surface area contributed by atoms with E-state index < -0.39 is 0 Å². The summed E-state index contributed by atoms with van der Waals surface area (Å²) in [5, 5.41) is 3.99. The van der Waals surface area contributed by atoms with Crippen molar-refractivity contribution in [3.05, 3.63) is 69.0 Å². The highest BCUT2D eigenvalue weighted by atomic mass is 35.5. The van der Waals surface area contributed by atoms with Crippen LogP contribution in [0.4, 0.5) is 5.69 Å². The van der Waals surface area contributed by atoms with Crippen LogP contribution in [0.15, 0.2) is 47.3 Å². The summed E-state index contributed by atoms with van der Waals surface area (Å²) in [6, 6.07) is 12.5. The van der Waals surface area contributed by atoms with Crippen molar-refractivity contribution in [2.24, 2.45) is 0 Å². The Morgan fingerprint density at radius 3 is 2.79 bits per heavy atom. The topological polar surface area (TPSA) is 74.4 Å². The fraction of sp³-hybridized carbons (Fsp3) is 0.238. The number of hydrogen-bond donors (Lipinski definition) is 2. The second-order valence-corrected chi connectivity index (χ2v) is 7.27. The van der Waals surface area contributed by atoms with Crippen LogP contribution in [-0.2, 0) is 17.8 Å². The molecule has 0 saturated carbocycles. The minimum absolute atomic E-state index is 0.0217. The van der Waals surface area contributed by atoms with E-state index in [-0.39, 0.29) is 17.9 Å². The number of anilines is 1. The molecule has 1 amide bonds. The summed E-state index contributed by atoms with van der Waals surface area (Å²) >= 11 is 6.04. The molecule has 1 aliphatic heterocycles. The highest BCUT2D eigenvalue weighted by molar-refractivity contribution is 6.31. The number of aromatic amines is 1. The van der Waals surface area contributed by atoms with Crippen LogP contribution in [0.3, 0.4) is 0 Å². The second kappa shape index (κ2) is 7.66. The van der Waals surface area contributed by atoms with Crippen LogP contribution < -0.4 is 15.5 Å². The van der Waals surface area contributed by atoms with Crippen molar-refractivity contribution >= 4 is 34.1 Å². The van der Waals surface area contributed by atoms with E-state index >= 15 is 0 Å². The molecule has 1 aromatic heterocycles. The Morgan fingerprint density at radius 1 is 1.25 bits per heavy atom. The van der Waals surface area contributed by atoms with E-state index in [4.69, 9.17) is 16.3 Å². The Balaban J connectivity index is 1.48. The van der Waals surface area contributed by atoms with Gasteiger partial charge >= 0.3 is 0 Å². The fourth-order valence-electron chi connectivity index (χ4n) is 3.52. The lowest BCUT2D eigenvalue weighted by Gasteiger charge is -2.27. The van der Waals surface area contributed by atoms with E-state index in [1.54, 1.807) is 43.5 Å². The van der Waals surface area contributed by atoms with E-state index in [1.165, 1.54) is 0 Å². The summed E-state index contributed by atoms with van der Waals surface area (Å²) in [5.74, 6) is 0.617. The Hall–Kier alpha value is -2.83. The number of nitrogens with one attached hydrogen (secondary N) is 2. The number of fused-ring (bicyclic) bond motifs is 2. The normalized spacial score (nSPS) is 13.9. The van der Waals surface area contributed by atoms with Crippen molar-refractivity contribution in [2.45, 2.75) is 13.0 Å². The molecule has 3 aromatic rings. The summed E-state index contributed by atoms with van der Waals surface area (Å²) in [6.07, 6.45) is 0.693. The summed E-state index contributed by atoms with van der Waals surface area (Å²) < 4.78 is 5.12. The minimum atomic E-state index is -0.117. The number of aromatic nitrogens is 1. The van der Waals surface area contributed by atoms with Crippen LogP contribution in [-0.4, -0.2) is 36.0 Å². The summed E-state index contributed by atoms with van der Waals surface area (Å²) in [5.41, 5.74) is 3.12. The van der Waals surface area contributed by atoms with Gasteiger partial charge in [0.2, 0.25) is 5.91 Å². The molecule has 2 N–H and O–H groups in total. The molecule has 4 rings (SSSR count). The molecule has 0 unspecified atom stereocenters. The predicted molar refractivity (Wildman–Crippen MR) is 110 cm³/mol. The Morgan fingerprint density at radius 2 is 2.04 bits per heavy atom. The van der Waals surface area contributed by atoms with Crippen LogP contribution in [0.5, 0.6) is 5.75 Å². The van der Waals surface area contributed by atoms with Crippen LogP contribution in [0.25, 0.3) is 10.9 Å². The average Bonchev–Trinajstić information content (AvgIpc) is 2.70. The van der Waals surface area contributed by atoms with Crippen molar-refractivity contribution in [2.75, 3.05) is 25.5 Å². The van der Waals surface area contributed by atoms with Crippen LogP contribution in [0.1, 0.15) is 11.3 Å². The van der Waals surface area contributed by atoms with E-state index in [2.05, 4.69) is 10.3 Å². The van der Waals surface area contributed by atoms with Gasteiger partial charge in [0.05, 0.1) is 13.7 Å². The van der Waals surface area contributed by atoms with E-state index in [0.717, 1.165) is 17.0 Å². The third-order valence-corrected chi connectivity index (χ3v) is 5.19. The zero-order valence-electron chi connectivity index (χ0n) is 15.4. The number of nitrogens with zero attached hydrogens (tertiary/aromatic N) is 1. The predicted octanol–water partition coefficient (Wildman–Crippen LogP) is 3.19. The third kappa shape index (κ3) is 3.74. The lowest BCUT2D eigenvalue weighted by Crippen LogP contribution is -2.39. The smallest absolute Gasteiger partial charge is 0.238 e. The Bertz CT molecular complexity index is 1090. The van der Waals surface area contributed by atoms with E-state index in [9.17, 15) is 9.59 Å². The molecular formula is C21H20ClN3O3. The fourth-order valence-corrected chi connectivity index (χ4v) is 3.69. The molecule has 0 fully saturated rings. The van der Waals surface area contributed by atoms with Gasteiger partial charge in [-0.3, -0.25) is 14.5 Å². The first-order valence-corrected chi connectivity index (χ1v) is 9.41. The molecule has 0 radical (unpaired) electrons. The molecule has 0 atom stereocenters. The quantitative estimate of drug-likeness (QED) is 0.709. The van der Waals surface area contributed by atoms with Crippen molar-refractivity contribution < 1.29 is 9.53 Å². The van der Waals surface area contributed by atoms with Gasteiger partial charge in [0, 0.05) is 52.4 Å². The number of carbonyl (C=O) groups is 1. The van der Waals surface area contributed by atoms with Gasteiger partial charge in [-0.1, -0.05) is 11.6 Å². The maximum atomic E-state index is 12.9. The SMILES string of the molecule is COc1ccc(NC(=O)CN2CCc3[nH]c4ccc(Cl)cc4c(=O)c3C2)cc1. The number of amides is 1. The molecule has 6 nitrogen and oxygen atoms in total. The zero-order chi connectivity index (χ0) is 19.7. The van der Waals surface area contributed by atoms with Gasteiger partial charge in [0.1, 0.15) is 5.75 Å². The highest BCUT2D eigenvalue weighted by Gasteiger charge is 2.22. The summed E-state index contributed by atoms with van der Waals surface area (Å²) in [4.78, 5) is 30.6. The number of rotatable bonds is 4. The van der Waals surface area contributed by atoms with Gasteiger partial charge in [-0.25, -0.2) is 0 Å². The Labute approximate surface area is 167 Å². The number of benzene rings is 2. The number of halogens is 1. The highest BCUT2D eigenvalue weighted by Crippen LogP contribution is 2.21. The van der Waals surface area contributed by atoms with Crippen LogP contribution in [0, 0.1) is 0 Å².